The molecule has 2 heterocycles. The van der Waals surface area contributed by atoms with Crippen molar-refractivity contribution in [2.45, 2.75) is 38.2 Å². The van der Waals surface area contributed by atoms with Crippen molar-refractivity contribution in [1.82, 2.24) is 10.3 Å². The molecular weight excluding hydrogens is 327 g/mol. The van der Waals surface area contributed by atoms with Crippen molar-refractivity contribution in [1.29, 1.82) is 0 Å². The SMILES string of the molecule is Cc1nc([C@@]2(O)CCCNCC2)sc1CCOc1ccc(F)cc1. The van der Waals surface area contributed by atoms with Crippen molar-refractivity contribution in [2.24, 2.45) is 0 Å². The van der Waals surface area contributed by atoms with Crippen LogP contribution in [0.2, 0.25) is 0 Å². The normalized spacial score (nSPS) is 21.5. The minimum absolute atomic E-state index is 0.267. The molecule has 24 heavy (non-hydrogen) atoms. The summed E-state index contributed by atoms with van der Waals surface area (Å²) in [5.41, 5.74) is 0.151. The Balaban J connectivity index is 1.62. The predicted octanol–water partition coefficient (Wildman–Crippen LogP) is 3.17. The van der Waals surface area contributed by atoms with Crippen LogP contribution in [0, 0.1) is 12.7 Å². The van der Waals surface area contributed by atoms with Crippen LogP contribution < -0.4 is 10.1 Å². The first-order valence-electron chi connectivity index (χ1n) is 8.35. The van der Waals surface area contributed by atoms with E-state index in [1.807, 2.05) is 6.92 Å². The molecule has 0 radical (unpaired) electrons. The summed E-state index contributed by atoms with van der Waals surface area (Å²) < 4.78 is 18.5. The van der Waals surface area contributed by atoms with Crippen LogP contribution in [0.5, 0.6) is 5.75 Å². The molecule has 0 spiro atoms. The predicted molar refractivity (Wildman–Crippen MR) is 93.1 cm³/mol. The fraction of sp³-hybridized carbons (Fsp3) is 0.500. The van der Waals surface area contributed by atoms with Gasteiger partial charge < -0.3 is 15.2 Å². The summed E-state index contributed by atoms with van der Waals surface area (Å²) in [5.74, 6) is 0.392. The van der Waals surface area contributed by atoms with Gasteiger partial charge in [0.25, 0.3) is 0 Å². The summed E-state index contributed by atoms with van der Waals surface area (Å²) in [5, 5.41) is 15.1. The summed E-state index contributed by atoms with van der Waals surface area (Å²) in [6.07, 6.45) is 3.14. The van der Waals surface area contributed by atoms with Gasteiger partial charge in [-0.15, -0.1) is 11.3 Å². The quantitative estimate of drug-likeness (QED) is 0.870. The monoisotopic (exact) mass is 350 g/mol. The lowest BCUT2D eigenvalue weighted by atomic mass is 9.96. The molecule has 1 aliphatic rings. The zero-order valence-electron chi connectivity index (χ0n) is 13.8. The van der Waals surface area contributed by atoms with E-state index in [0.29, 0.717) is 18.8 Å². The van der Waals surface area contributed by atoms with E-state index in [4.69, 9.17) is 4.74 Å². The average molecular weight is 350 g/mol. The van der Waals surface area contributed by atoms with Gasteiger partial charge in [0.1, 0.15) is 22.2 Å². The highest BCUT2D eigenvalue weighted by Gasteiger charge is 2.33. The number of rotatable bonds is 5. The molecular formula is C18H23FN2O2S. The third-order valence-corrected chi connectivity index (χ3v) is 5.77. The molecule has 1 aromatic heterocycles. The summed E-state index contributed by atoms with van der Waals surface area (Å²) in [7, 11) is 0. The molecule has 6 heteroatoms. The number of halogens is 1. The summed E-state index contributed by atoms with van der Waals surface area (Å²) in [6.45, 7) is 4.25. The largest absolute Gasteiger partial charge is 0.493 e. The van der Waals surface area contributed by atoms with Crippen LogP contribution >= 0.6 is 11.3 Å². The summed E-state index contributed by atoms with van der Waals surface area (Å²) >= 11 is 1.58. The number of hydrogen-bond donors (Lipinski definition) is 2. The van der Waals surface area contributed by atoms with Gasteiger partial charge in [-0.05, 0) is 63.5 Å². The molecule has 2 N–H and O–H groups in total. The lowest BCUT2D eigenvalue weighted by Gasteiger charge is -2.23. The highest BCUT2D eigenvalue weighted by atomic mass is 32.1. The standard InChI is InChI=1S/C18H23FN2O2S/c1-13-16(7-12-23-15-5-3-14(19)4-6-15)24-17(21-13)18(22)8-2-10-20-11-9-18/h3-6,20,22H,2,7-12H2,1H3/t18-/m1/s1. The first-order valence-corrected chi connectivity index (χ1v) is 9.17. The first kappa shape index (κ1) is 17.3. The number of benzene rings is 1. The number of thiazole rings is 1. The molecule has 1 saturated heterocycles. The Kier molecular flexibility index (Phi) is 5.48. The zero-order valence-corrected chi connectivity index (χ0v) is 14.7. The first-order chi connectivity index (χ1) is 11.6. The fourth-order valence-electron chi connectivity index (χ4n) is 2.92. The Morgan fingerprint density at radius 1 is 1.29 bits per heavy atom. The molecule has 0 aliphatic carbocycles. The van der Waals surface area contributed by atoms with Gasteiger partial charge in [0, 0.05) is 11.3 Å². The van der Waals surface area contributed by atoms with E-state index in [-0.39, 0.29) is 5.82 Å². The second-order valence-corrected chi connectivity index (χ2v) is 7.30. The average Bonchev–Trinajstić information content (AvgIpc) is 2.79. The van der Waals surface area contributed by atoms with Gasteiger partial charge >= 0.3 is 0 Å². The maximum atomic E-state index is 12.9. The van der Waals surface area contributed by atoms with Crippen molar-refractivity contribution >= 4 is 11.3 Å². The molecule has 4 nitrogen and oxygen atoms in total. The molecule has 0 bridgehead atoms. The Morgan fingerprint density at radius 2 is 2.08 bits per heavy atom. The van der Waals surface area contributed by atoms with Gasteiger partial charge in [-0.1, -0.05) is 0 Å². The van der Waals surface area contributed by atoms with E-state index in [0.717, 1.165) is 47.9 Å². The molecule has 2 aromatic rings. The van der Waals surface area contributed by atoms with Crippen LogP contribution in [0.3, 0.4) is 0 Å². The molecule has 0 amide bonds. The van der Waals surface area contributed by atoms with E-state index in [1.54, 1.807) is 23.5 Å². The number of aliphatic hydroxyl groups is 1. The molecule has 1 fully saturated rings. The van der Waals surface area contributed by atoms with Crippen LogP contribution in [0.25, 0.3) is 0 Å². The highest BCUT2D eigenvalue weighted by Crippen LogP contribution is 2.35. The van der Waals surface area contributed by atoms with Gasteiger partial charge in [-0.2, -0.15) is 0 Å². The Bertz CT molecular complexity index is 664. The van der Waals surface area contributed by atoms with Gasteiger partial charge in [0.05, 0.1) is 12.3 Å². The molecule has 1 aliphatic heterocycles. The van der Waals surface area contributed by atoms with Crippen molar-refractivity contribution in [3.05, 3.63) is 45.7 Å². The van der Waals surface area contributed by atoms with E-state index in [2.05, 4.69) is 10.3 Å². The second-order valence-electron chi connectivity index (χ2n) is 6.22. The zero-order chi connectivity index (χ0) is 17.0. The third kappa shape index (κ3) is 4.12. The van der Waals surface area contributed by atoms with Crippen LogP contribution in [0.4, 0.5) is 4.39 Å². The molecule has 0 unspecified atom stereocenters. The Labute approximate surface area is 145 Å². The topological polar surface area (TPSA) is 54.4 Å². The number of hydrogen-bond acceptors (Lipinski definition) is 5. The summed E-state index contributed by atoms with van der Waals surface area (Å²) in [6, 6.07) is 6.03. The van der Waals surface area contributed by atoms with E-state index in [1.165, 1.54) is 12.1 Å². The van der Waals surface area contributed by atoms with Crippen molar-refractivity contribution in [3.8, 4) is 5.75 Å². The number of aryl methyl sites for hydroxylation is 1. The minimum Gasteiger partial charge on any atom is -0.493 e. The summed E-state index contributed by atoms with van der Waals surface area (Å²) in [4.78, 5) is 5.76. The van der Waals surface area contributed by atoms with Crippen LogP contribution in [-0.2, 0) is 12.0 Å². The van der Waals surface area contributed by atoms with Crippen molar-refractivity contribution in [3.63, 3.8) is 0 Å². The second kappa shape index (κ2) is 7.59. The third-order valence-electron chi connectivity index (χ3n) is 4.36. The van der Waals surface area contributed by atoms with Gasteiger partial charge in [-0.25, -0.2) is 9.37 Å². The Hall–Kier alpha value is -1.50. The fourth-order valence-corrected chi connectivity index (χ4v) is 4.11. The van der Waals surface area contributed by atoms with Gasteiger partial charge in [0.2, 0.25) is 0 Å². The van der Waals surface area contributed by atoms with Gasteiger partial charge in [-0.3, -0.25) is 0 Å². The van der Waals surface area contributed by atoms with Crippen LogP contribution in [0.15, 0.2) is 24.3 Å². The smallest absolute Gasteiger partial charge is 0.125 e. The van der Waals surface area contributed by atoms with Crippen LogP contribution in [0.1, 0.15) is 34.8 Å². The lowest BCUT2D eigenvalue weighted by molar-refractivity contribution is 0.0237. The number of nitrogens with zero attached hydrogens (tertiary/aromatic N) is 1. The maximum absolute atomic E-state index is 12.9. The number of aromatic nitrogens is 1. The van der Waals surface area contributed by atoms with E-state index < -0.39 is 5.60 Å². The maximum Gasteiger partial charge on any atom is 0.125 e. The van der Waals surface area contributed by atoms with Crippen molar-refractivity contribution in [2.75, 3.05) is 19.7 Å². The van der Waals surface area contributed by atoms with E-state index in [9.17, 15) is 9.50 Å². The number of ether oxygens (including phenoxy) is 1. The van der Waals surface area contributed by atoms with E-state index >= 15 is 0 Å². The highest BCUT2D eigenvalue weighted by molar-refractivity contribution is 7.11. The van der Waals surface area contributed by atoms with Crippen molar-refractivity contribution < 1.29 is 14.2 Å². The lowest BCUT2D eigenvalue weighted by Crippen LogP contribution is -2.27. The molecule has 1 atom stereocenters. The molecule has 130 valence electrons. The Morgan fingerprint density at radius 3 is 2.88 bits per heavy atom. The minimum atomic E-state index is -0.811. The molecule has 3 rings (SSSR count). The molecule has 0 saturated carbocycles. The van der Waals surface area contributed by atoms with Gasteiger partial charge in [0.15, 0.2) is 0 Å². The number of nitrogens with one attached hydrogen (secondary N) is 1. The van der Waals surface area contributed by atoms with Crippen LogP contribution in [-0.4, -0.2) is 29.8 Å². The molecule has 1 aromatic carbocycles.